The number of nitrogens with one attached hydrogen (secondary N) is 1. The summed E-state index contributed by atoms with van der Waals surface area (Å²) in [6.07, 6.45) is 0. The number of aromatic nitrogens is 1. The lowest BCUT2D eigenvalue weighted by atomic mass is 10.2. The molecular formula is C14H11FN2S. The Balaban J connectivity index is 2.10. The van der Waals surface area contributed by atoms with Crippen LogP contribution in [-0.4, -0.2) is 12.0 Å². The van der Waals surface area contributed by atoms with Crippen LogP contribution in [0.25, 0.3) is 20.8 Å². The molecule has 0 fully saturated rings. The zero-order valence-corrected chi connectivity index (χ0v) is 10.6. The van der Waals surface area contributed by atoms with E-state index in [4.69, 9.17) is 0 Å². The molecule has 0 saturated heterocycles. The molecule has 3 rings (SSSR count). The fourth-order valence-electron chi connectivity index (χ4n) is 1.80. The van der Waals surface area contributed by atoms with Crippen molar-refractivity contribution in [2.45, 2.75) is 0 Å². The second-order valence-electron chi connectivity index (χ2n) is 3.96. The summed E-state index contributed by atoms with van der Waals surface area (Å²) >= 11 is 1.61. The fourth-order valence-corrected chi connectivity index (χ4v) is 2.81. The third-order valence-electron chi connectivity index (χ3n) is 2.77. The average Bonchev–Trinajstić information content (AvgIpc) is 2.82. The first-order valence-corrected chi connectivity index (χ1v) is 6.42. The molecule has 0 atom stereocenters. The van der Waals surface area contributed by atoms with Crippen molar-refractivity contribution in [3.63, 3.8) is 0 Å². The Morgan fingerprint density at radius 2 is 1.89 bits per heavy atom. The molecule has 4 heteroatoms. The summed E-state index contributed by atoms with van der Waals surface area (Å²) in [5.41, 5.74) is 2.98. The molecule has 0 unspecified atom stereocenters. The Bertz CT molecular complexity index is 689. The number of benzene rings is 2. The van der Waals surface area contributed by atoms with Crippen molar-refractivity contribution in [3.05, 3.63) is 48.3 Å². The fraction of sp³-hybridized carbons (Fsp3) is 0.0714. The Labute approximate surface area is 108 Å². The van der Waals surface area contributed by atoms with E-state index in [-0.39, 0.29) is 5.82 Å². The van der Waals surface area contributed by atoms with E-state index in [2.05, 4.69) is 16.4 Å². The van der Waals surface area contributed by atoms with Crippen LogP contribution in [0.1, 0.15) is 0 Å². The normalized spacial score (nSPS) is 10.8. The summed E-state index contributed by atoms with van der Waals surface area (Å²) in [6, 6.07) is 12.5. The number of halogens is 1. The Morgan fingerprint density at radius 1 is 1.11 bits per heavy atom. The van der Waals surface area contributed by atoms with Crippen molar-refractivity contribution in [2.75, 3.05) is 12.4 Å². The lowest BCUT2D eigenvalue weighted by molar-refractivity contribution is 0.628. The molecule has 18 heavy (non-hydrogen) atoms. The molecule has 0 aliphatic rings. The Kier molecular flexibility index (Phi) is 2.72. The van der Waals surface area contributed by atoms with Crippen LogP contribution in [0, 0.1) is 5.82 Å². The van der Waals surface area contributed by atoms with Crippen LogP contribution in [0.4, 0.5) is 10.1 Å². The lowest BCUT2D eigenvalue weighted by Gasteiger charge is -1.96. The van der Waals surface area contributed by atoms with Crippen LogP contribution in [0.3, 0.4) is 0 Å². The van der Waals surface area contributed by atoms with Gasteiger partial charge in [-0.25, -0.2) is 9.37 Å². The van der Waals surface area contributed by atoms with Gasteiger partial charge in [-0.15, -0.1) is 11.3 Å². The van der Waals surface area contributed by atoms with Gasteiger partial charge >= 0.3 is 0 Å². The van der Waals surface area contributed by atoms with Crippen molar-refractivity contribution in [2.24, 2.45) is 0 Å². The third-order valence-corrected chi connectivity index (χ3v) is 3.84. The summed E-state index contributed by atoms with van der Waals surface area (Å²) in [5, 5.41) is 4.02. The van der Waals surface area contributed by atoms with E-state index in [1.165, 1.54) is 12.1 Å². The lowest BCUT2D eigenvalue weighted by Crippen LogP contribution is -1.85. The number of anilines is 1. The van der Waals surface area contributed by atoms with Gasteiger partial charge in [-0.05, 0) is 42.5 Å². The number of nitrogens with zero attached hydrogens (tertiary/aromatic N) is 1. The first kappa shape index (κ1) is 11.2. The average molecular weight is 257 g/mol. The molecule has 0 aliphatic heterocycles. The van der Waals surface area contributed by atoms with E-state index < -0.39 is 0 Å². The van der Waals surface area contributed by atoms with E-state index in [0.717, 1.165) is 26.5 Å². The summed E-state index contributed by atoms with van der Waals surface area (Å²) in [4.78, 5) is 4.56. The SMILES string of the molecule is CNc1ccc2nc(-c3ccc([18F])cc3)sc2c1. The monoisotopic (exact) mass is 257 g/mol. The van der Waals surface area contributed by atoms with E-state index in [9.17, 15) is 4.39 Å². The van der Waals surface area contributed by atoms with Gasteiger partial charge in [0.1, 0.15) is 10.8 Å². The van der Waals surface area contributed by atoms with Crippen LogP contribution in [0.5, 0.6) is 0 Å². The topological polar surface area (TPSA) is 24.9 Å². The Morgan fingerprint density at radius 3 is 2.61 bits per heavy atom. The number of fused-ring (bicyclic) bond motifs is 1. The predicted octanol–water partition coefficient (Wildman–Crippen LogP) is 4.14. The van der Waals surface area contributed by atoms with Crippen molar-refractivity contribution in [1.29, 1.82) is 0 Å². The number of thiazole rings is 1. The van der Waals surface area contributed by atoms with Crippen LogP contribution >= 0.6 is 11.3 Å². The molecule has 2 aromatic carbocycles. The summed E-state index contributed by atoms with van der Waals surface area (Å²) in [7, 11) is 1.89. The molecule has 1 aromatic heterocycles. The third kappa shape index (κ3) is 1.95. The standard InChI is InChI=1S/C14H11FN2S/c1-16-11-6-7-12-13(8-11)18-14(17-12)9-2-4-10(15)5-3-9/h2-8,16H,1H3/i15-1. The molecule has 0 spiro atoms. The smallest absolute Gasteiger partial charge is 0.124 e. The minimum atomic E-state index is -0.225. The van der Waals surface area contributed by atoms with E-state index in [1.54, 1.807) is 23.5 Å². The molecule has 3 aromatic rings. The van der Waals surface area contributed by atoms with Gasteiger partial charge in [-0.2, -0.15) is 0 Å². The molecule has 1 N–H and O–H groups in total. The quantitative estimate of drug-likeness (QED) is 0.746. The van der Waals surface area contributed by atoms with Gasteiger partial charge in [-0.3, -0.25) is 0 Å². The van der Waals surface area contributed by atoms with Crippen molar-refractivity contribution < 1.29 is 4.39 Å². The van der Waals surface area contributed by atoms with E-state index in [0.29, 0.717) is 0 Å². The Hall–Kier alpha value is -1.94. The van der Waals surface area contributed by atoms with Gasteiger partial charge in [0.2, 0.25) is 0 Å². The molecule has 90 valence electrons. The molecule has 0 bridgehead atoms. The minimum Gasteiger partial charge on any atom is -0.388 e. The highest BCUT2D eigenvalue weighted by Crippen LogP contribution is 2.31. The van der Waals surface area contributed by atoms with Gasteiger partial charge in [0, 0.05) is 18.3 Å². The van der Waals surface area contributed by atoms with E-state index in [1.807, 2.05) is 19.2 Å². The zero-order chi connectivity index (χ0) is 12.5. The highest BCUT2D eigenvalue weighted by molar-refractivity contribution is 7.21. The van der Waals surface area contributed by atoms with E-state index >= 15 is 0 Å². The first-order valence-electron chi connectivity index (χ1n) is 5.60. The maximum absolute atomic E-state index is 12.9. The van der Waals surface area contributed by atoms with Gasteiger partial charge in [0.25, 0.3) is 0 Å². The summed E-state index contributed by atoms with van der Waals surface area (Å²) in [5.74, 6) is -0.225. The molecule has 0 aliphatic carbocycles. The maximum atomic E-state index is 12.9. The maximum Gasteiger partial charge on any atom is 0.124 e. The van der Waals surface area contributed by atoms with Gasteiger partial charge in [-0.1, -0.05) is 0 Å². The van der Waals surface area contributed by atoms with Gasteiger partial charge in [0.15, 0.2) is 0 Å². The van der Waals surface area contributed by atoms with Gasteiger partial charge < -0.3 is 5.32 Å². The molecule has 0 saturated carbocycles. The molecule has 0 amide bonds. The molecular weight excluding hydrogens is 246 g/mol. The molecule has 2 nitrogen and oxygen atoms in total. The zero-order valence-electron chi connectivity index (χ0n) is 9.77. The number of hydrogen-bond acceptors (Lipinski definition) is 3. The largest absolute Gasteiger partial charge is 0.388 e. The van der Waals surface area contributed by atoms with Crippen LogP contribution in [0.2, 0.25) is 0 Å². The van der Waals surface area contributed by atoms with Crippen molar-refractivity contribution >= 4 is 27.2 Å². The van der Waals surface area contributed by atoms with Crippen LogP contribution < -0.4 is 5.32 Å². The number of rotatable bonds is 2. The van der Waals surface area contributed by atoms with Crippen LogP contribution in [-0.2, 0) is 0 Å². The molecule has 0 radical (unpaired) electrons. The molecule has 1 heterocycles. The highest BCUT2D eigenvalue weighted by Gasteiger charge is 2.06. The first-order chi connectivity index (χ1) is 8.76. The predicted molar refractivity (Wildman–Crippen MR) is 74.6 cm³/mol. The summed E-state index contributed by atoms with van der Waals surface area (Å²) < 4.78 is 14.0. The minimum absolute atomic E-state index is 0.225. The number of hydrogen-bond donors (Lipinski definition) is 1. The highest BCUT2D eigenvalue weighted by atomic mass is 32.1. The van der Waals surface area contributed by atoms with Gasteiger partial charge in [0.05, 0.1) is 10.2 Å². The van der Waals surface area contributed by atoms with Crippen molar-refractivity contribution in [3.8, 4) is 10.6 Å². The second-order valence-corrected chi connectivity index (χ2v) is 4.99. The summed E-state index contributed by atoms with van der Waals surface area (Å²) in [6.45, 7) is 0. The second kappa shape index (κ2) is 4.38. The van der Waals surface area contributed by atoms with Crippen LogP contribution in [0.15, 0.2) is 42.5 Å². The van der Waals surface area contributed by atoms with Crippen molar-refractivity contribution in [1.82, 2.24) is 4.98 Å².